The Morgan fingerprint density at radius 2 is 0.603 bits per heavy atom. The summed E-state index contributed by atoms with van der Waals surface area (Å²) in [4.78, 5) is 7.08. The number of anilines is 9. The van der Waals surface area contributed by atoms with Gasteiger partial charge in [0.2, 0.25) is 0 Å². The molecule has 1 heterocycles. The van der Waals surface area contributed by atoms with Crippen LogP contribution >= 0.6 is 0 Å². The monoisotopic (exact) mass is 744 g/mol. The first-order chi connectivity index (χ1) is 28.8. The SMILES string of the molecule is c1ccc(N(c2ccccc2)c2cc(N(c3ccccc3)c3ccccc3)cc(-n3c4ccccc4c4c(N(c5ccccc5)c5ccccc5)cccc43)c2)cc1. The summed E-state index contributed by atoms with van der Waals surface area (Å²) in [6.45, 7) is 0. The third kappa shape index (κ3) is 6.43. The van der Waals surface area contributed by atoms with E-state index < -0.39 is 0 Å². The third-order valence-electron chi connectivity index (χ3n) is 10.7. The first kappa shape index (κ1) is 34.7. The van der Waals surface area contributed by atoms with Crippen LogP contribution in [-0.2, 0) is 0 Å². The molecule has 4 nitrogen and oxygen atoms in total. The van der Waals surface area contributed by atoms with Gasteiger partial charge in [-0.15, -0.1) is 0 Å². The molecule has 0 N–H and O–H groups in total. The van der Waals surface area contributed by atoms with Gasteiger partial charge in [-0.2, -0.15) is 0 Å². The third-order valence-corrected chi connectivity index (χ3v) is 10.7. The fraction of sp³-hybridized carbons (Fsp3) is 0. The van der Waals surface area contributed by atoms with Gasteiger partial charge in [-0.1, -0.05) is 133 Å². The molecule has 0 saturated heterocycles. The normalized spacial score (nSPS) is 11.1. The van der Waals surface area contributed by atoms with E-state index in [1.807, 2.05) is 0 Å². The van der Waals surface area contributed by atoms with Gasteiger partial charge in [0.15, 0.2) is 0 Å². The Morgan fingerprint density at radius 1 is 0.259 bits per heavy atom. The fourth-order valence-electron chi connectivity index (χ4n) is 8.22. The Hall–Kier alpha value is -7.82. The highest BCUT2D eigenvalue weighted by molar-refractivity contribution is 6.16. The number of hydrogen-bond acceptors (Lipinski definition) is 3. The zero-order chi connectivity index (χ0) is 38.7. The lowest BCUT2D eigenvalue weighted by Gasteiger charge is -2.30. The lowest BCUT2D eigenvalue weighted by Crippen LogP contribution is -2.14. The van der Waals surface area contributed by atoms with Crippen LogP contribution in [-0.4, -0.2) is 4.57 Å². The van der Waals surface area contributed by atoms with E-state index in [2.05, 4.69) is 262 Å². The van der Waals surface area contributed by atoms with Crippen molar-refractivity contribution in [3.63, 3.8) is 0 Å². The minimum atomic E-state index is 1.04. The van der Waals surface area contributed by atoms with Gasteiger partial charge in [-0.25, -0.2) is 0 Å². The Morgan fingerprint density at radius 3 is 1.02 bits per heavy atom. The molecule has 0 amide bonds. The molecule has 58 heavy (non-hydrogen) atoms. The van der Waals surface area contributed by atoms with E-state index in [4.69, 9.17) is 0 Å². The summed E-state index contributed by atoms with van der Waals surface area (Å²) in [6.07, 6.45) is 0. The average Bonchev–Trinajstić information content (AvgIpc) is 3.64. The van der Waals surface area contributed by atoms with Crippen molar-refractivity contribution in [2.45, 2.75) is 0 Å². The minimum absolute atomic E-state index is 1.04. The average molecular weight is 745 g/mol. The number of aromatic nitrogens is 1. The van der Waals surface area contributed by atoms with Gasteiger partial charge in [-0.3, -0.25) is 0 Å². The van der Waals surface area contributed by atoms with E-state index in [0.29, 0.717) is 0 Å². The molecule has 0 aliphatic heterocycles. The van der Waals surface area contributed by atoms with E-state index in [9.17, 15) is 0 Å². The predicted molar refractivity (Wildman–Crippen MR) is 245 cm³/mol. The van der Waals surface area contributed by atoms with Crippen LogP contribution in [0.1, 0.15) is 0 Å². The summed E-state index contributed by atoms with van der Waals surface area (Å²) in [5.41, 5.74) is 13.0. The molecule has 0 spiro atoms. The van der Waals surface area contributed by atoms with Crippen LogP contribution < -0.4 is 14.7 Å². The maximum absolute atomic E-state index is 2.44. The molecule has 0 aliphatic rings. The Labute approximate surface area is 339 Å². The van der Waals surface area contributed by atoms with E-state index in [-0.39, 0.29) is 0 Å². The van der Waals surface area contributed by atoms with E-state index >= 15 is 0 Å². The van der Waals surface area contributed by atoms with Gasteiger partial charge in [0, 0.05) is 44.9 Å². The number of rotatable bonds is 10. The molecule has 0 aliphatic carbocycles. The minimum Gasteiger partial charge on any atom is -0.310 e. The molecule has 0 fully saturated rings. The number of hydrogen-bond donors (Lipinski definition) is 0. The summed E-state index contributed by atoms with van der Waals surface area (Å²) in [5.74, 6) is 0. The molecule has 0 atom stereocenters. The van der Waals surface area contributed by atoms with Crippen LogP contribution in [0.4, 0.5) is 51.2 Å². The van der Waals surface area contributed by atoms with Crippen LogP contribution in [0.25, 0.3) is 27.5 Å². The van der Waals surface area contributed by atoms with Crippen LogP contribution in [0, 0.1) is 0 Å². The van der Waals surface area contributed by atoms with Gasteiger partial charge in [0.25, 0.3) is 0 Å². The maximum atomic E-state index is 2.44. The predicted octanol–water partition coefficient (Wildman–Crippen LogP) is 15.2. The highest BCUT2D eigenvalue weighted by Crippen LogP contribution is 2.46. The first-order valence-electron chi connectivity index (χ1n) is 19.7. The second-order valence-corrected chi connectivity index (χ2v) is 14.3. The number of nitrogens with zero attached hydrogens (tertiary/aromatic N) is 4. The Balaban J connectivity index is 1.29. The summed E-state index contributed by atoms with van der Waals surface area (Å²) < 4.78 is 2.44. The van der Waals surface area contributed by atoms with Crippen LogP contribution in [0.5, 0.6) is 0 Å². The fourth-order valence-corrected chi connectivity index (χ4v) is 8.22. The van der Waals surface area contributed by atoms with Crippen molar-refractivity contribution in [3.05, 3.63) is 243 Å². The summed E-state index contributed by atoms with van der Waals surface area (Å²) in [7, 11) is 0. The largest absolute Gasteiger partial charge is 0.310 e. The first-order valence-corrected chi connectivity index (χ1v) is 19.7. The van der Waals surface area contributed by atoms with E-state index in [1.54, 1.807) is 0 Å². The van der Waals surface area contributed by atoms with Crippen molar-refractivity contribution < 1.29 is 0 Å². The number of para-hydroxylation sites is 7. The topological polar surface area (TPSA) is 14.7 Å². The lowest BCUT2D eigenvalue weighted by atomic mass is 10.1. The number of fused-ring (bicyclic) bond motifs is 3. The van der Waals surface area contributed by atoms with Gasteiger partial charge in [0.05, 0.1) is 33.8 Å². The summed E-state index contributed by atoms with van der Waals surface area (Å²) in [6, 6.07) is 86.4. The molecular weight excluding hydrogens is 705 g/mol. The van der Waals surface area contributed by atoms with Crippen molar-refractivity contribution in [2.24, 2.45) is 0 Å². The van der Waals surface area contributed by atoms with Gasteiger partial charge in [-0.05, 0) is 109 Å². The molecular formula is C54H40N4. The zero-order valence-corrected chi connectivity index (χ0v) is 31.9. The highest BCUT2D eigenvalue weighted by Gasteiger charge is 2.24. The van der Waals surface area contributed by atoms with Crippen molar-refractivity contribution in [3.8, 4) is 5.69 Å². The number of benzene rings is 9. The molecule has 0 saturated carbocycles. The van der Waals surface area contributed by atoms with Gasteiger partial charge in [0.1, 0.15) is 0 Å². The molecule has 276 valence electrons. The van der Waals surface area contributed by atoms with Crippen LogP contribution in [0.15, 0.2) is 243 Å². The van der Waals surface area contributed by atoms with Crippen LogP contribution in [0.2, 0.25) is 0 Å². The summed E-state index contributed by atoms with van der Waals surface area (Å²) >= 11 is 0. The van der Waals surface area contributed by atoms with Crippen molar-refractivity contribution in [2.75, 3.05) is 14.7 Å². The molecule has 1 aromatic heterocycles. The van der Waals surface area contributed by atoms with Gasteiger partial charge >= 0.3 is 0 Å². The van der Waals surface area contributed by atoms with Crippen molar-refractivity contribution in [1.82, 2.24) is 4.57 Å². The summed E-state index contributed by atoms with van der Waals surface area (Å²) in [5, 5.41) is 2.37. The molecule has 10 aromatic rings. The Bertz CT molecular complexity index is 2710. The standard InChI is InChI=1S/C54H40N4/c1-7-22-41(23-8-1)55(42-24-9-2-10-25-42)47-38-48(56(43-26-11-3-12-27-43)44-28-13-4-14-29-44)40-49(39-47)58-51-35-20-19-34-50(51)54-52(36-21-37-53(54)58)57(45-30-15-5-16-31-45)46-32-17-6-18-33-46/h1-40H. The molecule has 10 rings (SSSR count). The van der Waals surface area contributed by atoms with Crippen molar-refractivity contribution >= 4 is 73.0 Å². The molecule has 4 heteroatoms. The maximum Gasteiger partial charge on any atom is 0.0562 e. The quantitative estimate of drug-likeness (QED) is 0.139. The second-order valence-electron chi connectivity index (χ2n) is 14.3. The molecule has 0 radical (unpaired) electrons. The Kier molecular flexibility index (Phi) is 9.18. The van der Waals surface area contributed by atoms with E-state index in [0.717, 1.165) is 67.9 Å². The van der Waals surface area contributed by atoms with Gasteiger partial charge < -0.3 is 19.3 Å². The highest BCUT2D eigenvalue weighted by atomic mass is 15.2. The lowest BCUT2D eigenvalue weighted by molar-refractivity contribution is 1.16. The molecule has 9 aromatic carbocycles. The zero-order valence-electron chi connectivity index (χ0n) is 31.9. The smallest absolute Gasteiger partial charge is 0.0562 e. The van der Waals surface area contributed by atoms with Crippen LogP contribution in [0.3, 0.4) is 0 Å². The molecule has 0 unspecified atom stereocenters. The van der Waals surface area contributed by atoms with E-state index in [1.165, 1.54) is 10.8 Å². The molecule has 0 bridgehead atoms. The second kappa shape index (κ2) is 15.4. The van der Waals surface area contributed by atoms with Crippen molar-refractivity contribution in [1.29, 1.82) is 0 Å².